The first-order valence-electron chi connectivity index (χ1n) is 4.54. The molecule has 1 heterocycles. The lowest BCUT2D eigenvalue weighted by Crippen LogP contribution is -2.30. The molecule has 15 heavy (non-hydrogen) atoms. The minimum Gasteiger partial charge on any atom is -0.482 e. The van der Waals surface area contributed by atoms with E-state index in [0.717, 1.165) is 0 Å². The van der Waals surface area contributed by atoms with Crippen LogP contribution in [0.3, 0.4) is 0 Å². The van der Waals surface area contributed by atoms with Crippen LogP contribution in [0.5, 0.6) is 5.75 Å². The topological polar surface area (TPSA) is 38.7 Å². The van der Waals surface area contributed by atoms with Crippen molar-refractivity contribution in [2.75, 3.05) is 13.2 Å². The molecule has 0 unspecified atom stereocenters. The number of aliphatic hydroxyl groups is 1. The molecular weight excluding hydrogens is 267 g/mol. The number of aliphatic hydroxyl groups excluding tert-OH is 1. The van der Waals surface area contributed by atoms with Gasteiger partial charge in [0.15, 0.2) is 17.7 Å². The molecule has 1 saturated heterocycles. The van der Waals surface area contributed by atoms with E-state index in [0.29, 0.717) is 4.47 Å². The van der Waals surface area contributed by atoms with E-state index >= 15 is 0 Å². The molecule has 0 saturated carbocycles. The van der Waals surface area contributed by atoms with Crippen molar-refractivity contribution in [2.24, 2.45) is 0 Å². The summed E-state index contributed by atoms with van der Waals surface area (Å²) in [4.78, 5) is 0. The van der Waals surface area contributed by atoms with Crippen molar-refractivity contribution >= 4 is 15.9 Å². The second-order valence-corrected chi connectivity index (χ2v) is 4.25. The van der Waals surface area contributed by atoms with E-state index in [4.69, 9.17) is 9.47 Å². The van der Waals surface area contributed by atoms with Crippen molar-refractivity contribution in [3.05, 3.63) is 28.5 Å². The van der Waals surface area contributed by atoms with Crippen molar-refractivity contribution in [2.45, 2.75) is 12.2 Å². The molecule has 1 fully saturated rings. The number of halogens is 2. The Hall–Kier alpha value is -0.650. The first-order valence-corrected chi connectivity index (χ1v) is 5.33. The van der Waals surface area contributed by atoms with Gasteiger partial charge in [0.25, 0.3) is 0 Å². The monoisotopic (exact) mass is 276 g/mol. The molecule has 1 aromatic rings. The van der Waals surface area contributed by atoms with Gasteiger partial charge >= 0.3 is 0 Å². The molecule has 0 amide bonds. The molecular formula is C10H10BrFO3. The molecule has 3 nitrogen and oxygen atoms in total. The summed E-state index contributed by atoms with van der Waals surface area (Å²) in [5, 5.41) is 9.41. The fourth-order valence-corrected chi connectivity index (χ4v) is 1.70. The van der Waals surface area contributed by atoms with E-state index in [2.05, 4.69) is 15.9 Å². The Bertz CT molecular complexity index is 359. The zero-order valence-corrected chi connectivity index (χ0v) is 9.41. The van der Waals surface area contributed by atoms with Crippen LogP contribution < -0.4 is 4.74 Å². The van der Waals surface area contributed by atoms with Gasteiger partial charge in [-0.05, 0) is 18.2 Å². The molecule has 1 N–H and O–H groups in total. The number of benzene rings is 1. The number of ether oxygens (including phenoxy) is 2. The third-order valence-electron chi connectivity index (χ3n) is 2.17. The Morgan fingerprint density at radius 1 is 1.47 bits per heavy atom. The van der Waals surface area contributed by atoms with Crippen LogP contribution in [0.4, 0.5) is 4.39 Å². The first kappa shape index (κ1) is 10.9. The van der Waals surface area contributed by atoms with Gasteiger partial charge in [0.2, 0.25) is 0 Å². The molecule has 0 spiro atoms. The van der Waals surface area contributed by atoms with Gasteiger partial charge in [0, 0.05) is 4.47 Å². The molecule has 0 radical (unpaired) electrons. The minimum absolute atomic E-state index is 0.132. The van der Waals surface area contributed by atoms with E-state index in [1.165, 1.54) is 12.1 Å². The highest BCUT2D eigenvalue weighted by Gasteiger charge is 2.28. The standard InChI is InChI=1S/C10H10BrFO3/c11-6-1-2-9(7(12)3-6)15-10-5-14-4-8(10)13/h1-3,8,10,13H,4-5H2/t8-,10-/m1/s1. The van der Waals surface area contributed by atoms with E-state index in [1.807, 2.05) is 0 Å². The van der Waals surface area contributed by atoms with Crippen LogP contribution in [0.15, 0.2) is 22.7 Å². The predicted octanol–water partition coefficient (Wildman–Crippen LogP) is 1.73. The van der Waals surface area contributed by atoms with E-state index in [9.17, 15) is 9.50 Å². The zero-order chi connectivity index (χ0) is 10.8. The summed E-state index contributed by atoms with van der Waals surface area (Å²) in [7, 11) is 0. The molecule has 2 rings (SSSR count). The maximum Gasteiger partial charge on any atom is 0.166 e. The molecule has 2 atom stereocenters. The Morgan fingerprint density at radius 2 is 2.27 bits per heavy atom. The maximum atomic E-state index is 13.4. The SMILES string of the molecule is O[C@@H]1COC[C@H]1Oc1ccc(Br)cc1F. The first-order chi connectivity index (χ1) is 7.16. The maximum absolute atomic E-state index is 13.4. The molecule has 1 aliphatic rings. The number of rotatable bonds is 2. The van der Waals surface area contributed by atoms with Crippen LogP contribution in [-0.4, -0.2) is 30.5 Å². The van der Waals surface area contributed by atoms with Gasteiger partial charge in [-0.15, -0.1) is 0 Å². The van der Waals surface area contributed by atoms with E-state index < -0.39 is 18.0 Å². The van der Waals surface area contributed by atoms with Gasteiger partial charge in [0.1, 0.15) is 6.10 Å². The second-order valence-electron chi connectivity index (χ2n) is 3.34. The van der Waals surface area contributed by atoms with Crippen LogP contribution >= 0.6 is 15.9 Å². The predicted molar refractivity (Wildman–Crippen MR) is 55.3 cm³/mol. The lowest BCUT2D eigenvalue weighted by molar-refractivity contribution is 0.0708. The van der Waals surface area contributed by atoms with E-state index in [-0.39, 0.29) is 19.0 Å². The second kappa shape index (κ2) is 4.47. The lowest BCUT2D eigenvalue weighted by Gasteiger charge is -2.15. The lowest BCUT2D eigenvalue weighted by atomic mass is 10.2. The zero-order valence-electron chi connectivity index (χ0n) is 7.82. The van der Waals surface area contributed by atoms with Crippen LogP contribution in [0.25, 0.3) is 0 Å². The summed E-state index contributed by atoms with van der Waals surface area (Å²) in [6.07, 6.45) is -1.17. The Kier molecular flexibility index (Phi) is 3.23. The fourth-order valence-electron chi connectivity index (χ4n) is 1.37. The molecule has 1 aromatic carbocycles. The Balaban J connectivity index is 2.10. The van der Waals surface area contributed by atoms with Crippen molar-refractivity contribution < 1.29 is 19.0 Å². The van der Waals surface area contributed by atoms with Crippen LogP contribution in [-0.2, 0) is 4.74 Å². The summed E-state index contributed by atoms with van der Waals surface area (Å²) in [6.45, 7) is 0.527. The van der Waals surface area contributed by atoms with Crippen LogP contribution in [0.1, 0.15) is 0 Å². The van der Waals surface area contributed by atoms with E-state index in [1.54, 1.807) is 6.07 Å². The summed E-state index contributed by atoms with van der Waals surface area (Å²) in [5.74, 6) is -0.323. The smallest absolute Gasteiger partial charge is 0.166 e. The average Bonchev–Trinajstić information content (AvgIpc) is 2.57. The van der Waals surface area contributed by atoms with Gasteiger partial charge in [0.05, 0.1) is 13.2 Å². The molecule has 82 valence electrons. The summed E-state index contributed by atoms with van der Waals surface area (Å²) >= 11 is 3.15. The minimum atomic E-state index is -0.687. The number of hydrogen-bond acceptors (Lipinski definition) is 3. The molecule has 0 aliphatic carbocycles. The molecule has 0 aromatic heterocycles. The fraction of sp³-hybridized carbons (Fsp3) is 0.400. The van der Waals surface area contributed by atoms with Gasteiger partial charge < -0.3 is 14.6 Å². The number of hydrogen-bond donors (Lipinski definition) is 1. The highest BCUT2D eigenvalue weighted by atomic mass is 79.9. The van der Waals surface area contributed by atoms with Gasteiger partial charge in [-0.2, -0.15) is 0 Å². The molecule has 0 bridgehead atoms. The van der Waals surface area contributed by atoms with Gasteiger partial charge in [-0.1, -0.05) is 15.9 Å². The van der Waals surface area contributed by atoms with Crippen LogP contribution in [0.2, 0.25) is 0 Å². The van der Waals surface area contributed by atoms with Gasteiger partial charge in [-0.25, -0.2) is 4.39 Å². The van der Waals surface area contributed by atoms with Crippen molar-refractivity contribution in [1.82, 2.24) is 0 Å². The summed E-state index contributed by atoms with van der Waals surface area (Å²) in [6, 6.07) is 4.52. The largest absolute Gasteiger partial charge is 0.482 e. The van der Waals surface area contributed by atoms with Gasteiger partial charge in [-0.3, -0.25) is 0 Å². The third-order valence-corrected chi connectivity index (χ3v) is 2.67. The highest BCUT2D eigenvalue weighted by molar-refractivity contribution is 9.10. The molecule has 1 aliphatic heterocycles. The average molecular weight is 277 g/mol. The third kappa shape index (κ3) is 2.48. The quantitative estimate of drug-likeness (QED) is 0.894. The summed E-state index contributed by atoms with van der Waals surface area (Å²) in [5.41, 5.74) is 0. The Labute approximate surface area is 94.9 Å². The highest BCUT2D eigenvalue weighted by Crippen LogP contribution is 2.24. The van der Waals surface area contributed by atoms with Crippen molar-refractivity contribution in [1.29, 1.82) is 0 Å². The molecule has 5 heteroatoms. The summed E-state index contributed by atoms with van der Waals surface area (Å²) < 4.78 is 24.3. The normalized spacial score (nSPS) is 25.5. The van der Waals surface area contributed by atoms with Crippen LogP contribution in [0, 0.1) is 5.82 Å². The van der Waals surface area contributed by atoms with Crippen molar-refractivity contribution in [3.8, 4) is 5.75 Å². The Morgan fingerprint density at radius 3 is 2.87 bits per heavy atom. The van der Waals surface area contributed by atoms with Crippen molar-refractivity contribution in [3.63, 3.8) is 0 Å².